The number of carbonyl (C=O) groups is 2. The highest BCUT2D eigenvalue weighted by Crippen LogP contribution is 2.43. The molecule has 3 atom stereocenters. The van der Waals surface area contributed by atoms with Crippen LogP contribution in [0.3, 0.4) is 0 Å². The molecule has 0 amide bonds. The highest BCUT2D eigenvalue weighted by Gasteiger charge is 2.27. The zero-order valence-electron chi connectivity index (χ0n) is 33.6. The van der Waals surface area contributed by atoms with Crippen molar-refractivity contribution in [2.24, 2.45) is 5.73 Å². The molecule has 0 aliphatic heterocycles. The zero-order valence-corrected chi connectivity index (χ0v) is 34.5. The minimum absolute atomic E-state index is 0.0122. The summed E-state index contributed by atoms with van der Waals surface area (Å²) in [6, 6.07) is -1.47. The molecule has 0 fully saturated rings. The third-order valence-electron chi connectivity index (χ3n) is 8.93. The molecule has 4 N–H and O–H groups in total. The van der Waals surface area contributed by atoms with Crippen LogP contribution in [0, 0.1) is 0 Å². The van der Waals surface area contributed by atoms with E-state index in [1.54, 1.807) is 0 Å². The fraction of sp³-hybridized carbons (Fsp3) is 0.810. The Balaban J connectivity index is 4.26. The van der Waals surface area contributed by atoms with E-state index < -0.39 is 45.1 Å². The van der Waals surface area contributed by atoms with E-state index in [1.807, 2.05) is 0 Å². The van der Waals surface area contributed by atoms with E-state index in [-0.39, 0.29) is 13.0 Å². The Hall–Kier alpha value is -1.81. The molecule has 0 saturated heterocycles. The highest BCUT2D eigenvalue weighted by molar-refractivity contribution is 7.47. The van der Waals surface area contributed by atoms with E-state index in [4.69, 9.17) is 29.4 Å². The van der Waals surface area contributed by atoms with Crippen LogP contribution in [0.25, 0.3) is 0 Å². The molecular weight excluding hydrogens is 693 g/mol. The summed E-state index contributed by atoms with van der Waals surface area (Å²) in [5.41, 5.74) is 5.35. The molecule has 0 rings (SSSR count). The lowest BCUT2D eigenvalue weighted by Gasteiger charge is -2.20. The van der Waals surface area contributed by atoms with E-state index in [0.29, 0.717) is 13.0 Å². The van der Waals surface area contributed by atoms with Gasteiger partial charge in [-0.2, -0.15) is 0 Å². The molecule has 0 saturated carbocycles. The van der Waals surface area contributed by atoms with E-state index in [2.05, 4.69) is 50.3 Å². The van der Waals surface area contributed by atoms with E-state index in [0.717, 1.165) is 70.6 Å². The number of carboxylic acid groups (broad SMARTS) is 1. The third-order valence-corrected chi connectivity index (χ3v) is 9.88. The standard InChI is InChI=1S/C42H78NO9P/c1-3-5-7-9-11-13-15-17-19-21-23-25-27-29-31-33-35-49-36-39(37-50-53(47,48)51-38-40(43)42(45)46)52-41(44)34-32-30-28-26-24-22-20-18-16-14-12-10-8-6-4-2/h6,8,12,14,18,20,39-40H,3-5,7,9-11,13,15-17,19,21-38,43H2,1-2H3,(H,45,46)(H,47,48)/b8-6-,14-12-,20-18-. The van der Waals surface area contributed by atoms with E-state index in [1.165, 1.54) is 83.5 Å². The van der Waals surface area contributed by atoms with Crippen molar-refractivity contribution in [3.63, 3.8) is 0 Å². The monoisotopic (exact) mass is 772 g/mol. The zero-order chi connectivity index (χ0) is 39.1. The van der Waals surface area contributed by atoms with Crippen molar-refractivity contribution in [3.05, 3.63) is 36.5 Å². The van der Waals surface area contributed by atoms with Gasteiger partial charge >= 0.3 is 19.8 Å². The molecule has 0 aromatic carbocycles. The fourth-order valence-electron chi connectivity index (χ4n) is 5.68. The maximum Gasteiger partial charge on any atom is 0.472 e. The average molecular weight is 772 g/mol. The van der Waals surface area contributed by atoms with Gasteiger partial charge in [-0.25, -0.2) is 4.57 Å². The predicted molar refractivity (Wildman–Crippen MR) is 217 cm³/mol. The van der Waals surface area contributed by atoms with Crippen LogP contribution in [0.5, 0.6) is 0 Å². The smallest absolute Gasteiger partial charge is 0.472 e. The lowest BCUT2D eigenvalue weighted by atomic mass is 10.0. The molecule has 11 heteroatoms. The first-order valence-electron chi connectivity index (χ1n) is 21.0. The van der Waals surface area contributed by atoms with Crippen LogP contribution in [0.4, 0.5) is 0 Å². The molecule has 310 valence electrons. The van der Waals surface area contributed by atoms with E-state index >= 15 is 0 Å². The number of allylic oxidation sites excluding steroid dienone is 6. The summed E-state index contributed by atoms with van der Waals surface area (Å²) in [5, 5.41) is 8.88. The number of ether oxygens (including phenoxy) is 2. The SMILES string of the molecule is CC/C=C\C/C=C\C/C=C\CCCCCCCC(=O)OC(COCCCCCCCCCCCCCCCCCC)COP(=O)(O)OCC(N)C(=O)O. The number of phosphoric ester groups is 1. The molecular formula is C42H78NO9P. The lowest BCUT2D eigenvalue weighted by molar-refractivity contribution is -0.154. The van der Waals surface area contributed by atoms with Gasteiger partial charge in [-0.05, 0) is 44.9 Å². The number of esters is 1. The summed E-state index contributed by atoms with van der Waals surface area (Å²) in [6.07, 6.45) is 41.9. The van der Waals surface area contributed by atoms with Crippen LogP contribution in [-0.4, -0.2) is 60.5 Å². The number of hydrogen-bond donors (Lipinski definition) is 3. The van der Waals surface area contributed by atoms with Crippen LogP contribution in [0.2, 0.25) is 0 Å². The minimum atomic E-state index is -4.62. The molecule has 0 spiro atoms. The first-order valence-corrected chi connectivity index (χ1v) is 22.5. The minimum Gasteiger partial charge on any atom is -0.480 e. The van der Waals surface area contributed by atoms with Crippen LogP contribution in [-0.2, 0) is 32.7 Å². The summed E-state index contributed by atoms with van der Waals surface area (Å²) in [7, 11) is -4.62. The third kappa shape index (κ3) is 38.3. The number of rotatable bonds is 40. The van der Waals surface area contributed by atoms with Crippen LogP contribution in [0.1, 0.15) is 181 Å². The number of unbranched alkanes of at least 4 members (excludes halogenated alkanes) is 20. The highest BCUT2D eigenvalue weighted by atomic mass is 31.2. The second-order valence-electron chi connectivity index (χ2n) is 14.1. The molecule has 0 bridgehead atoms. The molecule has 0 heterocycles. The van der Waals surface area contributed by atoms with Crippen molar-refractivity contribution in [3.8, 4) is 0 Å². The number of hydrogen-bond acceptors (Lipinski definition) is 8. The largest absolute Gasteiger partial charge is 0.480 e. The van der Waals surface area contributed by atoms with Gasteiger partial charge in [0.25, 0.3) is 0 Å². The molecule has 3 unspecified atom stereocenters. The van der Waals surface area contributed by atoms with Gasteiger partial charge in [-0.3, -0.25) is 18.6 Å². The maximum atomic E-state index is 12.6. The number of phosphoric acid groups is 1. The van der Waals surface area contributed by atoms with Crippen molar-refractivity contribution >= 4 is 19.8 Å². The van der Waals surface area contributed by atoms with Crippen molar-refractivity contribution in [2.75, 3.05) is 26.4 Å². The second-order valence-corrected chi connectivity index (χ2v) is 15.5. The Kier molecular flexibility index (Phi) is 37.2. The van der Waals surface area contributed by atoms with Crippen LogP contribution < -0.4 is 5.73 Å². The van der Waals surface area contributed by atoms with Crippen LogP contribution >= 0.6 is 7.82 Å². The quantitative estimate of drug-likeness (QED) is 0.0237. The van der Waals surface area contributed by atoms with Crippen molar-refractivity contribution in [2.45, 2.75) is 193 Å². The Morgan fingerprint density at radius 1 is 0.623 bits per heavy atom. The van der Waals surface area contributed by atoms with Gasteiger partial charge in [0, 0.05) is 13.0 Å². The van der Waals surface area contributed by atoms with Gasteiger partial charge in [0.2, 0.25) is 0 Å². The topological polar surface area (TPSA) is 155 Å². The maximum absolute atomic E-state index is 12.6. The summed E-state index contributed by atoms with van der Waals surface area (Å²) < 4.78 is 33.3. The molecule has 0 radical (unpaired) electrons. The van der Waals surface area contributed by atoms with Crippen molar-refractivity contribution in [1.29, 1.82) is 0 Å². The molecule has 10 nitrogen and oxygen atoms in total. The van der Waals surface area contributed by atoms with Gasteiger partial charge in [0.05, 0.1) is 19.8 Å². The molecule has 0 aromatic rings. The first kappa shape index (κ1) is 51.2. The Morgan fingerprint density at radius 2 is 1.09 bits per heavy atom. The van der Waals surface area contributed by atoms with Crippen LogP contribution in [0.15, 0.2) is 36.5 Å². The predicted octanol–water partition coefficient (Wildman–Crippen LogP) is 11.3. The summed E-state index contributed by atoms with van der Waals surface area (Å²) in [6.45, 7) is 3.76. The number of carboxylic acids is 1. The average Bonchev–Trinajstić information content (AvgIpc) is 3.13. The Morgan fingerprint density at radius 3 is 1.64 bits per heavy atom. The number of carbonyl (C=O) groups excluding carboxylic acids is 1. The molecule has 0 aliphatic carbocycles. The summed E-state index contributed by atoms with van der Waals surface area (Å²) in [5.74, 6) is -1.79. The molecule has 53 heavy (non-hydrogen) atoms. The van der Waals surface area contributed by atoms with Crippen molar-refractivity contribution < 1.29 is 42.7 Å². The van der Waals surface area contributed by atoms with E-state index in [9.17, 15) is 19.0 Å². The van der Waals surface area contributed by atoms with Gasteiger partial charge in [-0.15, -0.1) is 0 Å². The van der Waals surface area contributed by atoms with Gasteiger partial charge in [0.15, 0.2) is 0 Å². The Labute approximate surface area is 323 Å². The summed E-state index contributed by atoms with van der Waals surface area (Å²) >= 11 is 0. The molecule has 0 aromatic heterocycles. The Bertz CT molecular complexity index is 988. The van der Waals surface area contributed by atoms with Gasteiger partial charge < -0.3 is 25.2 Å². The lowest BCUT2D eigenvalue weighted by Crippen LogP contribution is -2.34. The fourth-order valence-corrected chi connectivity index (χ4v) is 6.45. The second kappa shape index (κ2) is 38.5. The normalized spacial score (nSPS) is 14.3. The van der Waals surface area contributed by atoms with Crippen molar-refractivity contribution in [1.82, 2.24) is 0 Å². The van der Waals surface area contributed by atoms with Gasteiger partial charge in [0.1, 0.15) is 12.1 Å². The number of aliphatic carboxylic acids is 1. The first-order chi connectivity index (χ1) is 25.7. The number of nitrogens with two attached hydrogens (primary N) is 1. The molecule has 0 aliphatic rings. The van der Waals surface area contributed by atoms with Gasteiger partial charge in [-0.1, -0.05) is 166 Å². The summed E-state index contributed by atoms with van der Waals surface area (Å²) in [4.78, 5) is 33.5.